The van der Waals surface area contributed by atoms with Gasteiger partial charge in [0.15, 0.2) is 11.9 Å². The maximum Gasteiger partial charge on any atom is 0.337 e. The van der Waals surface area contributed by atoms with Crippen LogP contribution >= 0.6 is 11.6 Å². The van der Waals surface area contributed by atoms with Gasteiger partial charge in [-0.25, -0.2) is 4.79 Å². The average molecular weight is 258 g/mol. The maximum atomic E-state index is 11.2. The molecule has 1 rings (SSSR count). The summed E-state index contributed by atoms with van der Waals surface area (Å²) in [6, 6.07) is 4.39. The normalized spacial score (nSPS) is 12.1. The quantitative estimate of drug-likeness (QED) is 0.533. The van der Waals surface area contributed by atoms with Crippen LogP contribution in [0.15, 0.2) is 18.2 Å². The first-order valence-electron chi connectivity index (χ1n) is 4.82. The van der Waals surface area contributed by atoms with E-state index in [1.54, 1.807) is 0 Å². The van der Waals surface area contributed by atoms with E-state index >= 15 is 0 Å². The standard InChI is InChI=1S/C11H12ClNO4/c12-5-8(14)3-6-1-2-7(13)4-9(6)10(15)11(16)17/h1-2,4,10,15H,3,5,13H2,(H,16,17). The smallest absolute Gasteiger partial charge is 0.337 e. The highest BCUT2D eigenvalue weighted by molar-refractivity contribution is 6.27. The lowest BCUT2D eigenvalue weighted by molar-refractivity contribution is -0.147. The fraction of sp³-hybridized carbons (Fsp3) is 0.273. The summed E-state index contributed by atoms with van der Waals surface area (Å²) in [6.45, 7) is 0. The number of nitrogen functional groups attached to an aromatic ring is 1. The summed E-state index contributed by atoms with van der Waals surface area (Å²) in [5, 5.41) is 18.2. The van der Waals surface area contributed by atoms with E-state index in [-0.39, 0.29) is 23.6 Å². The molecule has 17 heavy (non-hydrogen) atoms. The molecule has 0 aliphatic carbocycles. The van der Waals surface area contributed by atoms with E-state index in [2.05, 4.69) is 0 Å². The molecule has 1 unspecified atom stereocenters. The van der Waals surface area contributed by atoms with Gasteiger partial charge >= 0.3 is 5.97 Å². The van der Waals surface area contributed by atoms with Crippen molar-refractivity contribution in [3.63, 3.8) is 0 Å². The highest BCUT2D eigenvalue weighted by Gasteiger charge is 2.20. The molecule has 0 spiro atoms. The third-order valence-electron chi connectivity index (χ3n) is 2.24. The molecule has 6 heteroatoms. The Labute approximate surface area is 103 Å². The predicted octanol–water partition coefficient (Wildman–Crippen LogP) is 0.737. The van der Waals surface area contributed by atoms with Gasteiger partial charge in [0.2, 0.25) is 0 Å². The van der Waals surface area contributed by atoms with E-state index in [1.807, 2.05) is 0 Å². The van der Waals surface area contributed by atoms with Crippen LogP contribution in [0.5, 0.6) is 0 Å². The topological polar surface area (TPSA) is 101 Å². The van der Waals surface area contributed by atoms with Crippen LogP contribution in [0.3, 0.4) is 0 Å². The molecule has 0 aromatic heterocycles. The molecule has 0 fully saturated rings. The molecule has 1 aromatic rings. The van der Waals surface area contributed by atoms with E-state index in [4.69, 9.17) is 22.4 Å². The molecule has 0 heterocycles. The number of aliphatic hydroxyl groups excluding tert-OH is 1. The molecule has 0 radical (unpaired) electrons. The largest absolute Gasteiger partial charge is 0.479 e. The van der Waals surface area contributed by atoms with Crippen molar-refractivity contribution in [3.05, 3.63) is 29.3 Å². The summed E-state index contributed by atoms with van der Waals surface area (Å²) in [6.07, 6.45) is -1.72. The van der Waals surface area contributed by atoms with Crippen molar-refractivity contribution < 1.29 is 19.8 Å². The minimum absolute atomic E-state index is 0.0244. The van der Waals surface area contributed by atoms with Crippen LogP contribution in [-0.2, 0) is 16.0 Å². The molecule has 0 saturated carbocycles. The molecule has 0 aliphatic rings. The lowest BCUT2D eigenvalue weighted by Gasteiger charge is -2.12. The van der Waals surface area contributed by atoms with Crippen LogP contribution < -0.4 is 5.73 Å². The summed E-state index contributed by atoms with van der Waals surface area (Å²) in [5.74, 6) is -1.81. The number of Topliss-reactive ketones (excluding diaryl/α,β-unsaturated/α-hetero) is 1. The van der Waals surface area contributed by atoms with Crippen LogP contribution in [-0.4, -0.2) is 27.8 Å². The molecule has 0 saturated heterocycles. The van der Waals surface area contributed by atoms with Gasteiger partial charge in [-0.2, -0.15) is 0 Å². The Kier molecular flexibility index (Phi) is 4.48. The summed E-state index contributed by atoms with van der Waals surface area (Å²) in [7, 11) is 0. The second-order valence-corrected chi connectivity index (χ2v) is 3.82. The van der Waals surface area contributed by atoms with Crippen LogP contribution in [0.2, 0.25) is 0 Å². The molecule has 4 N–H and O–H groups in total. The second kappa shape index (κ2) is 5.65. The van der Waals surface area contributed by atoms with Gasteiger partial charge in [0.05, 0.1) is 5.88 Å². The number of carboxylic acids is 1. The third-order valence-corrected chi connectivity index (χ3v) is 2.53. The molecular formula is C11H12ClNO4. The van der Waals surface area contributed by atoms with E-state index in [1.165, 1.54) is 18.2 Å². The van der Waals surface area contributed by atoms with Crippen LogP contribution in [0.4, 0.5) is 5.69 Å². The number of aliphatic hydroxyl groups is 1. The van der Waals surface area contributed by atoms with E-state index in [9.17, 15) is 14.7 Å². The summed E-state index contributed by atoms with van der Waals surface area (Å²) in [4.78, 5) is 21.9. The maximum absolute atomic E-state index is 11.2. The summed E-state index contributed by atoms with van der Waals surface area (Å²) in [5.41, 5.74) is 6.37. The first-order chi connectivity index (χ1) is 7.95. The Balaban J connectivity index is 3.12. The van der Waals surface area contributed by atoms with Crippen LogP contribution in [0, 0.1) is 0 Å². The molecule has 0 amide bonds. The number of carbonyl (C=O) groups is 2. The monoisotopic (exact) mass is 257 g/mol. The number of aliphatic carboxylic acids is 1. The average Bonchev–Trinajstić information content (AvgIpc) is 2.30. The van der Waals surface area contributed by atoms with Gasteiger partial charge < -0.3 is 15.9 Å². The van der Waals surface area contributed by atoms with Crippen molar-refractivity contribution in [2.75, 3.05) is 11.6 Å². The van der Waals surface area contributed by atoms with Crippen molar-refractivity contribution in [2.45, 2.75) is 12.5 Å². The SMILES string of the molecule is Nc1ccc(CC(=O)CCl)c(C(O)C(=O)O)c1. The van der Waals surface area contributed by atoms with Gasteiger partial charge in [0, 0.05) is 12.1 Å². The van der Waals surface area contributed by atoms with Gasteiger partial charge in [-0.15, -0.1) is 11.6 Å². The molecule has 1 atom stereocenters. The number of ketones is 1. The Morgan fingerprint density at radius 2 is 2.06 bits per heavy atom. The zero-order valence-electron chi connectivity index (χ0n) is 8.89. The van der Waals surface area contributed by atoms with Gasteiger partial charge in [0.25, 0.3) is 0 Å². The number of hydrogen-bond donors (Lipinski definition) is 3. The summed E-state index contributed by atoms with van der Waals surface area (Å²) < 4.78 is 0. The third kappa shape index (κ3) is 3.44. The first kappa shape index (κ1) is 13.5. The number of halogens is 1. The fourth-order valence-corrected chi connectivity index (χ4v) is 1.52. The van der Waals surface area contributed by atoms with Crippen LogP contribution in [0.25, 0.3) is 0 Å². The minimum Gasteiger partial charge on any atom is -0.479 e. The number of carbonyl (C=O) groups excluding carboxylic acids is 1. The van der Waals surface area contributed by atoms with Gasteiger partial charge in [-0.05, 0) is 23.3 Å². The number of anilines is 1. The van der Waals surface area contributed by atoms with Crippen molar-refractivity contribution in [1.29, 1.82) is 0 Å². The first-order valence-corrected chi connectivity index (χ1v) is 5.36. The molecule has 0 aliphatic heterocycles. The van der Waals surface area contributed by atoms with E-state index in [0.717, 1.165) is 0 Å². The molecule has 5 nitrogen and oxygen atoms in total. The Morgan fingerprint density at radius 3 is 2.59 bits per heavy atom. The van der Waals surface area contributed by atoms with Crippen LogP contribution in [0.1, 0.15) is 17.2 Å². The number of benzene rings is 1. The number of rotatable bonds is 5. The lowest BCUT2D eigenvalue weighted by Crippen LogP contribution is -2.15. The second-order valence-electron chi connectivity index (χ2n) is 3.55. The zero-order chi connectivity index (χ0) is 13.0. The number of nitrogens with two attached hydrogens (primary N) is 1. The predicted molar refractivity (Wildman–Crippen MR) is 62.9 cm³/mol. The molecule has 0 bridgehead atoms. The summed E-state index contributed by atoms with van der Waals surface area (Å²) >= 11 is 5.37. The Bertz CT molecular complexity index is 447. The molecule has 92 valence electrons. The van der Waals surface area contributed by atoms with Gasteiger partial charge in [0.1, 0.15) is 0 Å². The Morgan fingerprint density at radius 1 is 1.41 bits per heavy atom. The number of carboxylic acid groups (broad SMARTS) is 1. The fourth-order valence-electron chi connectivity index (χ4n) is 1.42. The Hall–Kier alpha value is -1.59. The highest BCUT2D eigenvalue weighted by atomic mass is 35.5. The molecular weight excluding hydrogens is 246 g/mol. The van der Waals surface area contributed by atoms with Gasteiger partial charge in [-0.3, -0.25) is 4.79 Å². The number of alkyl halides is 1. The molecule has 1 aromatic carbocycles. The van der Waals surface area contributed by atoms with E-state index < -0.39 is 12.1 Å². The lowest BCUT2D eigenvalue weighted by atomic mass is 9.98. The minimum atomic E-state index is -1.70. The zero-order valence-corrected chi connectivity index (χ0v) is 9.65. The highest BCUT2D eigenvalue weighted by Crippen LogP contribution is 2.22. The van der Waals surface area contributed by atoms with E-state index in [0.29, 0.717) is 11.3 Å². The van der Waals surface area contributed by atoms with Crippen molar-refractivity contribution >= 4 is 29.0 Å². The van der Waals surface area contributed by atoms with Crippen molar-refractivity contribution in [2.24, 2.45) is 0 Å². The number of hydrogen-bond acceptors (Lipinski definition) is 4. The van der Waals surface area contributed by atoms with Crippen molar-refractivity contribution in [3.8, 4) is 0 Å². The van der Waals surface area contributed by atoms with Crippen molar-refractivity contribution in [1.82, 2.24) is 0 Å². The van der Waals surface area contributed by atoms with Gasteiger partial charge in [-0.1, -0.05) is 6.07 Å².